The van der Waals surface area contributed by atoms with Crippen LogP contribution in [0.3, 0.4) is 0 Å². The van der Waals surface area contributed by atoms with Crippen LogP contribution in [0.15, 0.2) is 71.0 Å². The van der Waals surface area contributed by atoms with E-state index in [0.29, 0.717) is 15.6 Å². The summed E-state index contributed by atoms with van der Waals surface area (Å²) in [4.78, 5) is 18.7. The van der Waals surface area contributed by atoms with E-state index in [9.17, 15) is 4.79 Å². The van der Waals surface area contributed by atoms with Crippen molar-refractivity contribution < 1.29 is 9.53 Å². The second-order valence-corrected chi connectivity index (χ2v) is 8.08. The number of rotatable bonds is 2. The van der Waals surface area contributed by atoms with E-state index >= 15 is 0 Å². The van der Waals surface area contributed by atoms with Crippen LogP contribution in [0, 0.1) is 0 Å². The lowest BCUT2D eigenvalue weighted by Crippen LogP contribution is -2.22. The Morgan fingerprint density at radius 3 is 2.57 bits per heavy atom. The maximum absolute atomic E-state index is 12.3. The highest BCUT2D eigenvalue weighted by molar-refractivity contribution is 6.37. The van der Waals surface area contributed by atoms with Gasteiger partial charge in [0.2, 0.25) is 5.90 Å². The fourth-order valence-corrected chi connectivity index (χ4v) is 4.15. The molecule has 0 atom stereocenters. The van der Waals surface area contributed by atoms with Crippen LogP contribution in [0.1, 0.15) is 25.0 Å². The van der Waals surface area contributed by atoms with Crippen LogP contribution in [0.4, 0.5) is 5.69 Å². The van der Waals surface area contributed by atoms with Gasteiger partial charge in [-0.05, 0) is 42.0 Å². The third-order valence-corrected chi connectivity index (χ3v) is 5.67. The van der Waals surface area contributed by atoms with Gasteiger partial charge in [-0.3, -0.25) is 0 Å². The van der Waals surface area contributed by atoms with Gasteiger partial charge in [-0.1, -0.05) is 55.2 Å². The predicted molar refractivity (Wildman–Crippen MR) is 113 cm³/mol. The monoisotopic (exact) mass is 412 g/mol. The van der Waals surface area contributed by atoms with Crippen molar-refractivity contribution >= 4 is 40.8 Å². The van der Waals surface area contributed by atoms with Crippen molar-refractivity contribution in [1.82, 2.24) is 0 Å². The van der Waals surface area contributed by atoms with Gasteiger partial charge in [-0.2, -0.15) is 0 Å². The van der Waals surface area contributed by atoms with Gasteiger partial charge >= 0.3 is 5.97 Å². The lowest BCUT2D eigenvalue weighted by atomic mass is 9.84. The minimum atomic E-state index is -0.506. The molecule has 0 fully saturated rings. The highest BCUT2D eigenvalue weighted by atomic mass is 35.5. The summed E-state index contributed by atoms with van der Waals surface area (Å²) < 4.78 is 5.31. The van der Waals surface area contributed by atoms with Crippen LogP contribution in [0.2, 0.25) is 10.0 Å². The van der Waals surface area contributed by atoms with E-state index in [2.05, 4.69) is 35.9 Å². The first-order chi connectivity index (χ1) is 13.3. The number of aliphatic imine (C=N–C) groups is 1. The van der Waals surface area contributed by atoms with E-state index in [-0.39, 0.29) is 17.0 Å². The van der Waals surface area contributed by atoms with Gasteiger partial charge < -0.3 is 9.64 Å². The van der Waals surface area contributed by atoms with Gasteiger partial charge in [0, 0.05) is 28.9 Å². The Bertz CT molecular complexity index is 1080. The van der Waals surface area contributed by atoms with Gasteiger partial charge in [0.25, 0.3) is 0 Å². The molecule has 0 amide bonds. The molecule has 2 aliphatic rings. The Kier molecular flexibility index (Phi) is 4.56. The Labute approximate surface area is 173 Å². The number of ether oxygens (including phenoxy) is 1. The van der Waals surface area contributed by atoms with Gasteiger partial charge in [0.1, 0.15) is 0 Å². The molecular formula is C22H18Cl2N2O2. The molecule has 0 aromatic heterocycles. The van der Waals surface area contributed by atoms with Crippen molar-refractivity contribution in [2.24, 2.45) is 4.99 Å². The first kappa shape index (κ1) is 18.8. The molecule has 0 spiro atoms. The number of hydrogen-bond acceptors (Lipinski definition) is 4. The number of esters is 1. The Morgan fingerprint density at radius 1 is 1.11 bits per heavy atom. The molecule has 0 unspecified atom stereocenters. The first-order valence-electron chi connectivity index (χ1n) is 8.81. The van der Waals surface area contributed by atoms with E-state index in [4.69, 9.17) is 27.9 Å². The van der Waals surface area contributed by atoms with Gasteiger partial charge in [0.05, 0.1) is 10.6 Å². The number of allylic oxidation sites excluding steroid dienone is 3. The topological polar surface area (TPSA) is 41.9 Å². The predicted octanol–water partition coefficient (Wildman–Crippen LogP) is 5.49. The highest BCUT2D eigenvalue weighted by Gasteiger charge is 2.38. The zero-order valence-corrected chi connectivity index (χ0v) is 17.2. The number of fused-ring (bicyclic) bond motifs is 1. The number of benzene rings is 2. The normalized spacial score (nSPS) is 20.5. The molecule has 2 aliphatic heterocycles. The second kappa shape index (κ2) is 6.80. The van der Waals surface area contributed by atoms with Crippen molar-refractivity contribution in [3.8, 4) is 0 Å². The van der Waals surface area contributed by atoms with E-state index in [0.717, 1.165) is 11.4 Å². The van der Waals surface area contributed by atoms with Crippen LogP contribution >= 0.6 is 23.2 Å². The molecule has 0 saturated carbocycles. The van der Waals surface area contributed by atoms with Crippen LogP contribution in [-0.4, -0.2) is 18.9 Å². The maximum atomic E-state index is 12.3. The summed E-state index contributed by atoms with van der Waals surface area (Å²) in [5, 5.41) is 0.885. The molecule has 6 heteroatoms. The van der Waals surface area contributed by atoms with Gasteiger partial charge in [0.15, 0.2) is 5.70 Å². The molecule has 0 aliphatic carbocycles. The highest BCUT2D eigenvalue weighted by Crippen LogP contribution is 2.46. The van der Waals surface area contributed by atoms with E-state index in [1.807, 2.05) is 25.3 Å². The third-order valence-electron chi connectivity index (χ3n) is 5.12. The largest absolute Gasteiger partial charge is 0.402 e. The average Bonchev–Trinajstić information content (AvgIpc) is 3.10. The molecule has 0 bridgehead atoms. The zero-order valence-electron chi connectivity index (χ0n) is 15.7. The molecule has 0 saturated heterocycles. The minimum absolute atomic E-state index is 0.179. The smallest absolute Gasteiger partial charge is 0.363 e. The number of carbonyl (C=O) groups excluding carboxylic acids is 1. The number of cyclic esters (lactones) is 1. The molecule has 142 valence electrons. The lowest BCUT2D eigenvalue weighted by molar-refractivity contribution is -0.130. The number of para-hydroxylation sites is 1. The van der Waals surface area contributed by atoms with Crippen LogP contribution in [-0.2, 0) is 14.9 Å². The summed E-state index contributed by atoms with van der Waals surface area (Å²) in [5.41, 5.74) is 4.05. The molecule has 4 nitrogen and oxygen atoms in total. The Balaban J connectivity index is 1.70. The standard InChI is InChI=1S/C22H18Cl2N2O2/c1-22(2)15-6-4-5-7-18(15)26(3)19(22)11-10-17-21(27)28-20(25-17)14-9-8-13(23)12-16(14)24/h4-12H,1-3H3/b17-10+,19-11+. The third kappa shape index (κ3) is 3.03. The number of anilines is 1. The van der Waals surface area contributed by atoms with Gasteiger partial charge in [-0.15, -0.1) is 0 Å². The second-order valence-electron chi connectivity index (χ2n) is 7.24. The molecule has 2 aromatic carbocycles. The van der Waals surface area contributed by atoms with Crippen molar-refractivity contribution in [2.75, 3.05) is 11.9 Å². The number of nitrogens with zero attached hydrogens (tertiary/aromatic N) is 2. The minimum Gasteiger partial charge on any atom is -0.402 e. The molecule has 0 N–H and O–H groups in total. The summed E-state index contributed by atoms with van der Waals surface area (Å²) in [6.45, 7) is 4.32. The molecule has 2 aromatic rings. The van der Waals surface area contributed by atoms with E-state index in [1.165, 1.54) is 5.56 Å². The molecule has 4 rings (SSSR count). The lowest BCUT2D eigenvalue weighted by Gasteiger charge is -2.23. The summed E-state index contributed by atoms with van der Waals surface area (Å²) in [6.07, 6.45) is 3.62. The average molecular weight is 413 g/mol. The Morgan fingerprint density at radius 2 is 1.86 bits per heavy atom. The summed E-state index contributed by atoms with van der Waals surface area (Å²) >= 11 is 12.1. The SMILES string of the molecule is CN1/C(=C/C=C2/N=C(c3ccc(Cl)cc3Cl)OC2=O)C(C)(C)c2ccccc21. The Hall–Kier alpha value is -2.56. The molecule has 28 heavy (non-hydrogen) atoms. The number of carbonyl (C=O) groups is 1. The van der Waals surface area contributed by atoms with E-state index < -0.39 is 5.97 Å². The van der Waals surface area contributed by atoms with Crippen LogP contribution in [0.5, 0.6) is 0 Å². The van der Waals surface area contributed by atoms with Crippen LogP contribution in [0.25, 0.3) is 0 Å². The van der Waals surface area contributed by atoms with Crippen molar-refractivity contribution in [3.63, 3.8) is 0 Å². The van der Waals surface area contributed by atoms with Crippen molar-refractivity contribution in [3.05, 3.63) is 87.2 Å². The van der Waals surface area contributed by atoms with E-state index in [1.54, 1.807) is 24.3 Å². The number of hydrogen-bond donors (Lipinski definition) is 0. The quantitative estimate of drug-likeness (QED) is 0.483. The first-order valence-corrected chi connectivity index (χ1v) is 9.56. The maximum Gasteiger partial charge on any atom is 0.363 e. The fourth-order valence-electron chi connectivity index (χ4n) is 3.66. The molecule has 0 radical (unpaired) electrons. The summed E-state index contributed by atoms with van der Waals surface area (Å²) in [5.74, 6) is -0.326. The van der Waals surface area contributed by atoms with Gasteiger partial charge in [-0.25, -0.2) is 9.79 Å². The van der Waals surface area contributed by atoms with Crippen molar-refractivity contribution in [2.45, 2.75) is 19.3 Å². The number of likely N-dealkylation sites (N-methyl/N-ethyl adjacent to an activating group) is 1. The fraction of sp³-hybridized carbons (Fsp3) is 0.182. The molecule has 2 heterocycles. The summed E-state index contributed by atoms with van der Waals surface area (Å²) in [7, 11) is 2.02. The number of halogens is 2. The van der Waals surface area contributed by atoms with Crippen LogP contribution < -0.4 is 4.90 Å². The summed E-state index contributed by atoms with van der Waals surface area (Å²) in [6, 6.07) is 13.2. The molecular weight excluding hydrogens is 395 g/mol. The zero-order chi connectivity index (χ0) is 20.1. The van der Waals surface area contributed by atoms with Crippen molar-refractivity contribution in [1.29, 1.82) is 0 Å².